The van der Waals surface area contributed by atoms with Gasteiger partial charge < -0.3 is 19.5 Å². The standard InChI is InChI=1S/C27H23N3O5/c1-34-20-11-7-18(8-12-20)17-29-16-15-23(31)24-25(29)26(27(32)33)30(28-24)19-9-13-22(14-10-19)35-21-5-3-2-4-6-21/h2-14H,15-17H2,1H3,(H,32,33). The summed E-state index contributed by atoms with van der Waals surface area (Å²) in [7, 11) is 1.60. The number of carbonyl (C=O) groups is 2. The summed E-state index contributed by atoms with van der Waals surface area (Å²) < 4.78 is 12.4. The van der Waals surface area contributed by atoms with Crippen molar-refractivity contribution in [2.75, 3.05) is 18.6 Å². The van der Waals surface area contributed by atoms with Crippen LogP contribution in [0.25, 0.3) is 5.69 Å². The average Bonchev–Trinajstić information content (AvgIpc) is 3.29. The predicted molar refractivity (Wildman–Crippen MR) is 130 cm³/mol. The van der Waals surface area contributed by atoms with Crippen molar-refractivity contribution in [1.29, 1.82) is 0 Å². The highest BCUT2D eigenvalue weighted by Crippen LogP contribution is 2.34. The monoisotopic (exact) mass is 469 g/mol. The van der Waals surface area contributed by atoms with Gasteiger partial charge in [-0.3, -0.25) is 4.79 Å². The van der Waals surface area contributed by atoms with Gasteiger partial charge in [-0.1, -0.05) is 30.3 Å². The molecule has 0 bridgehead atoms. The van der Waals surface area contributed by atoms with Crippen molar-refractivity contribution in [2.24, 2.45) is 0 Å². The Morgan fingerprint density at radius 1 is 0.943 bits per heavy atom. The van der Waals surface area contributed by atoms with E-state index in [9.17, 15) is 14.7 Å². The highest BCUT2D eigenvalue weighted by Gasteiger charge is 2.34. The van der Waals surface area contributed by atoms with Gasteiger partial charge in [0.1, 0.15) is 22.9 Å². The summed E-state index contributed by atoms with van der Waals surface area (Å²) >= 11 is 0. The molecule has 0 spiro atoms. The third kappa shape index (κ3) is 4.46. The number of carbonyl (C=O) groups excluding carboxylic acids is 1. The molecule has 1 aromatic heterocycles. The first-order valence-corrected chi connectivity index (χ1v) is 11.1. The van der Waals surface area contributed by atoms with Gasteiger partial charge >= 0.3 is 5.97 Å². The van der Waals surface area contributed by atoms with Gasteiger partial charge in [-0.2, -0.15) is 5.10 Å². The topological polar surface area (TPSA) is 93.9 Å². The van der Waals surface area contributed by atoms with Crippen molar-refractivity contribution >= 4 is 17.4 Å². The van der Waals surface area contributed by atoms with E-state index < -0.39 is 5.97 Å². The lowest BCUT2D eigenvalue weighted by Gasteiger charge is -2.28. The van der Waals surface area contributed by atoms with Gasteiger partial charge in [0.05, 0.1) is 12.8 Å². The average molecular weight is 469 g/mol. The van der Waals surface area contributed by atoms with E-state index in [0.717, 1.165) is 11.3 Å². The number of carboxylic acid groups (broad SMARTS) is 1. The molecule has 0 unspecified atom stereocenters. The molecule has 0 aliphatic carbocycles. The summed E-state index contributed by atoms with van der Waals surface area (Å²) in [5.41, 5.74) is 1.96. The van der Waals surface area contributed by atoms with Crippen LogP contribution in [0.4, 0.5) is 5.69 Å². The zero-order valence-electron chi connectivity index (χ0n) is 19.0. The molecule has 2 heterocycles. The van der Waals surface area contributed by atoms with Crippen LogP contribution in [0, 0.1) is 0 Å². The molecular weight excluding hydrogens is 446 g/mol. The lowest BCUT2D eigenvalue weighted by Crippen LogP contribution is -2.32. The largest absolute Gasteiger partial charge is 0.497 e. The molecule has 1 N–H and O–H groups in total. The van der Waals surface area contributed by atoms with Gasteiger partial charge in [0.2, 0.25) is 0 Å². The van der Waals surface area contributed by atoms with E-state index in [1.54, 1.807) is 31.4 Å². The zero-order chi connectivity index (χ0) is 24.4. The maximum Gasteiger partial charge on any atom is 0.356 e. The molecule has 35 heavy (non-hydrogen) atoms. The summed E-state index contributed by atoms with van der Waals surface area (Å²) in [6.45, 7) is 0.855. The lowest BCUT2D eigenvalue weighted by molar-refractivity contribution is 0.0687. The Balaban J connectivity index is 1.49. The van der Waals surface area contributed by atoms with E-state index in [1.807, 2.05) is 59.5 Å². The number of hydrogen-bond donors (Lipinski definition) is 1. The molecule has 0 radical (unpaired) electrons. The smallest absolute Gasteiger partial charge is 0.356 e. The van der Waals surface area contributed by atoms with Crippen LogP contribution in [0.2, 0.25) is 0 Å². The predicted octanol–water partition coefficient (Wildman–Crippen LogP) is 4.96. The number of carboxylic acids is 1. The summed E-state index contributed by atoms with van der Waals surface area (Å²) in [6, 6.07) is 23.8. The first-order chi connectivity index (χ1) is 17.0. The molecule has 176 valence electrons. The third-order valence-electron chi connectivity index (χ3n) is 5.84. The van der Waals surface area contributed by atoms with Crippen molar-refractivity contribution in [2.45, 2.75) is 13.0 Å². The van der Waals surface area contributed by atoms with Crippen LogP contribution in [0.15, 0.2) is 78.9 Å². The molecule has 1 aliphatic rings. The number of ketones is 1. The summed E-state index contributed by atoms with van der Waals surface area (Å²) in [4.78, 5) is 27.0. The molecule has 0 amide bonds. The number of Topliss-reactive ketones (excluding diaryl/α,β-unsaturated/α-hetero) is 1. The highest BCUT2D eigenvalue weighted by molar-refractivity contribution is 6.07. The first-order valence-electron chi connectivity index (χ1n) is 11.1. The van der Waals surface area contributed by atoms with Gasteiger partial charge in [-0.25, -0.2) is 9.48 Å². The van der Waals surface area contributed by atoms with E-state index in [-0.39, 0.29) is 23.6 Å². The van der Waals surface area contributed by atoms with Crippen molar-refractivity contribution < 1.29 is 24.2 Å². The van der Waals surface area contributed by atoms with Gasteiger partial charge in [0.15, 0.2) is 17.2 Å². The fraction of sp³-hybridized carbons (Fsp3) is 0.148. The number of ether oxygens (including phenoxy) is 2. The summed E-state index contributed by atoms with van der Waals surface area (Å²) in [5, 5.41) is 14.6. The minimum absolute atomic E-state index is 0.0433. The van der Waals surface area contributed by atoms with Crippen LogP contribution in [-0.2, 0) is 6.54 Å². The number of rotatable bonds is 7. The minimum Gasteiger partial charge on any atom is -0.497 e. The van der Waals surface area contributed by atoms with Crippen LogP contribution in [-0.4, -0.2) is 40.3 Å². The van der Waals surface area contributed by atoms with Crippen molar-refractivity contribution in [3.05, 3.63) is 95.8 Å². The first kappa shape index (κ1) is 22.2. The van der Waals surface area contributed by atoms with E-state index >= 15 is 0 Å². The molecule has 5 rings (SSSR count). The molecule has 8 heteroatoms. The number of anilines is 1. The van der Waals surface area contributed by atoms with Crippen LogP contribution in [0.1, 0.15) is 33.0 Å². The quantitative estimate of drug-likeness (QED) is 0.409. The molecule has 4 aromatic rings. The normalized spacial score (nSPS) is 12.8. The third-order valence-corrected chi connectivity index (χ3v) is 5.84. The van der Waals surface area contributed by atoms with Gasteiger partial charge in [0, 0.05) is 19.5 Å². The van der Waals surface area contributed by atoms with E-state index in [0.29, 0.717) is 36.0 Å². The number of para-hydroxylation sites is 1. The maximum absolute atomic E-state index is 12.7. The number of fused-ring (bicyclic) bond motifs is 1. The SMILES string of the molecule is COc1ccc(CN2CCC(=O)c3nn(-c4ccc(Oc5ccccc5)cc4)c(C(=O)O)c32)cc1. The van der Waals surface area contributed by atoms with Crippen molar-refractivity contribution in [3.63, 3.8) is 0 Å². The molecule has 0 saturated heterocycles. The van der Waals surface area contributed by atoms with E-state index in [2.05, 4.69) is 5.10 Å². The van der Waals surface area contributed by atoms with E-state index in [4.69, 9.17) is 9.47 Å². The number of benzene rings is 3. The zero-order valence-corrected chi connectivity index (χ0v) is 19.0. The second-order valence-electron chi connectivity index (χ2n) is 8.11. The molecular formula is C27H23N3O5. The Hall–Kier alpha value is -4.59. The number of nitrogens with zero attached hydrogens (tertiary/aromatic N) is 3. The van der Waals surface area contributed by atoms with Crippen LogP contribution < -0.4 is 14.4 Å². The molecule has 0 atom stereocenters. The number of hydrogen-bond acceptors (Lipinski definition) is 6. The van der Waals surface area contributed by atoms with E-state index in [1.165, 1.54) is 4.68 Å². The number of aromatic nitrogens is 2. The fourth-order valence-corrected chi connectivity index (χ4v) is 4.13. The van der Waals surface area contributed by atoms with Gasteiger partial charge in [-0.05, 0) is 54.1 Å². The number of aromatic carboxylic acids is 1. The second kappa shape index (κ2) is 9.34. The van der Waals surface area contributed by atoms with Gasteiger partial charge in [0.25, 0.3) is 0 Å². The Bertz CT molecular complexity index is 1360. The highest BCUT2D eigenvalue weighted by atomic mass is 16.5. The Morgan fingerprint density at radius 3 is 2.26 bits per heavy atom. The summed E-state index contributed by atoms with van der Waals surface area (Å²) in [5.74, 6) is 0.711. The van der Waals surface area contributed by atoms with Crippen LogP contribution in [0.3, 0.4) is 0 Å². The molecule has 0 fully saturated rings. The molecule has 0 saturated carbocycles. The van der Waals surface area contributed by atoms with Crippen molar-refractivity contribution in [3.8, 4) is 22.9 Å². The molecule has 8 nitrogen and oxygen atoms in total. The maximum atomic E-state index is 12.7. The summed E-state index contributed by atoms with van der Waals surface area (Å²) in [6.07, 6.45) is 0.267. The molecule has 1 aliphatic heterocycles. The second-order valence-corrected chi connectivity index (χ2v) is 8.11. The lowest BCUT2D eigenvalue weighted by atomic mass is 10.0. The minimum atomic E-state index is -1.15. The number of methoxy groups -OCH3 is 1. The molecule has 3 aromatic carbocycles. The van der Waals surface area contributed by atoms with Gasteiger partial charge in [-0.15, -0.1) is 0 Å². The van der Waals surface area contributed by atoms with Crippen LogP contribution in [0.5, 0.6) is 17.2 Å². The fourth-order valence-electron chi connectivity index (χ4n) is 4.13. The Morgan fingerprint density at radius 2 is 1.60 bits per heavy atom. The Kier molecular flexibility index (Phi) is 5.93. The van der Waals surface area contributed by atoms with Crippen LogP contribution >= 0.6 is 0 Å². The Labute approximate surface area is 201 Å². The van der Waals surface area contributed by atoms with Crippen molar-refractivity contribution in [1.82, 2.24) is 9.78 Å².